The van der Waals surface area contributed by atoms with Gasteiger partial charge < -0.3 is 15.4 Å². The molecular formula is C27H23ClFN5O2S. The van der Waals surface area contributed by atoms with Crippen molar-refractivity contribution < 1.29 is 13.9 Å². The Labute approximate surface area is 222 Å². The Morgan fingerprint density at radius 1 is 1.16 bits per heavy atom. The minimum atomic E-state index is -0.732. The van der Waals surface area contributed by atoms with E-state index in [0.717, 1.165) is 5.56 Å². The van der Waals surface area contributed by atoms with Crippen molar-refractivity contribution in [3.63, 3.8) is 0 Å². The molecule has 10 heteroatoms. The van der Waals surface area contributed by atoms with Crippen molar-refractivity contribution in [3.05, 3.63) is 107 Å². The van der Waals surface area contributed by atoms with Crippen LogP contribution in [0, 0.1) is 11.7 Å². The number of thioether (sulfide) groups is 1. The minimum Gasteiger partial charge on any atom is -0.495 e. The SMILES string of the molecule is C=C1Nc2nc(SCc3ccccc3F)nn2C(c2ccc(Cl)cc2)C1C(=O)Nc1ccccc1OC. The first-order chi connectivity index (χ1) is 17.9. The monoisotopic (exact) mass is 535 g/mol. The van der Waals surface area contributed by atoms with E-state index in [0.29, 0.717) is 44.6 Å². The number of rotatable bonds is 7. The van der Waals surface area contributed by atoms with Gasteiger partial charge in [0.1, 0.15) is 17.5 Å². The van der Waals surface area contributed by atoms with Gasteiger partial charge in [0.2, 0.25) is 17.0 Å². The topological polar surface area (TPSA) is 81.1 Å². The van der Waals surface area contributed by atoms with Crippen LogP contribution in [-0.4, -0.2) is 27.8 Å². The summed E-state index contributed by atoms with van der Waals surface area (Å²) >= 11 is 7.45. The van der Waals surface area contributed by atoms with Gasteiger partial charge in [0.05, 0.1) is 18.8 Å². The number of carbonyl (C=O) groups excluding carboxylic acids is 1. The van der Waals surface area contributed by atoms with Crippen molar-refractivity contribution in [2.45, 2.75) is 17.0 Å². The maximum absolute atomic E-state index is 14.1. The second-order valence-corrected chi connectivity index (χ2v) is 9.74. The number of para-hydroxylation sites is 2. The van der Waals surface area contributed by atoms with E-state index in [2.05, 4.69) is 27.3 Å². The van der Waals surface area contributed by atoms with Gasteiger partial charge in [-0.3, -0.25) is 4.79 Å². The lowest BCUT2D eigenvalue weighted by molar-refractivity contribution is -0.119. The standard InChI is InChI=1S/C27H23ClFN5O2S/c1-16-23(25(35)31-21-9-5-6-10-22(21)36-2)24(17-11-13-19(28)14-12-17)34-26(30-16)32-27(33-34)37-15-18-7-3-4-8-20(18)29/h3-14,23-24H,1,15H2,2H3,(H,31,35)(H,30,32,33). The Morgan fingerprint density at radius 2 is 1.89 bits per heavy atom. The molecule has 2 unspecified atom stereocenters. The highest BCUT2D eigenvalue weighted by Gasteiger charge is 2.40. The summed E-state index contributed by atoms with van der Waals surface area (Å²) in [7, 11) is 1.55. The number of halogens is 2. The smallest absolute Gasteiger partial charge is 0.236 e. The molecule has 4 aromatic rings. The fourth-order valence-corrected chi connectivity index (χ4v) is 5.15. The second kappa shape index (κ2) is 10.7. The van der Waals surface area contributed by atoms with Crippen LogP contribution in [0.4, 0.5) is 16.0 Å². The molecule has 188 valence electrons. The maximum atomic E-state index is 14.1. The predicted molar refractivity (Wildman–Crippen MR) is 143 cm³/mol. The zero-order valence-electron chi connectivity index (χ0n) is 19.8. The average molecular weight is 536 g/mol. The number of methoxy groups -OCH3 is 1. The number of hydrogen-bond donors (Lipinski definition) is 2. The maximum Gasteiger partial charge on any atom is 0.236 e. The number of nitrogens with one attached hydrogen (secondary N) is 2. The Hall–Kier alpha value is -3.82. The number of ether oxygens (including phenoxy) is 1. The Bertz CT molecular complexity index is 1460. The van der Waals surface area contributed by atoms with Crippen LogP contribution in [0.2, 0.25) is 5.02 Å². The van der Waals surface area contributed by atoms with Gasteiger partial charge in [-0.2, -0.15) is 4.98 Å². The zero-order chi connectivity index (χ0) is 25.9. The van der Waals surface area contributed by atoms with Crippen LogP contribution >= 0.6 is 23.4 Å². The third-order valence-electron chi connectivity index (χ3n) is 6.01. The van der Waals surface area contributed by atoms with Gasteiger partial charge in [0.15, 0.2) is 0 Å². The molecule has 1 amide bonds. The molecule has 3 aromatic carbocycles. The average Bonchev–Trinajstić information content (AvgIpc) is 3.30. The van der Waals surface area contributed by atoms with Crippen molar-refractivity contribution >= 4 is 40.9 Å². The van der Waals surface area contributed by atoms with Gasteiger partial charge >= 0.3 is 0 Å². The number of benzene rings is 3. The first-order valence-corrected chi connectivity index (χ1v) is 12.8. The summed E-state index contributed by atoms with van der Waals surface area (Å²) in [6, 6.07) is 20.5. The van der Waals surface area contributed by atoms with Gasteiger partial charge in [0, 0.05) is 16.5 Å². The van der Waals surface area contributed by atoms with E-state index < -0.39 is 12.0 Å². The third-order valence-corrected chi connectivity index (χ3v) is 7.15. The zero-order valence-corrected chi connectivity index (χ0v) is 21.4. The molecule has 37 heavy (non-hydrogen) atoms. The van der Waals surface area contributed by atoms with Crippen molar-refractivity contribution in [1.29, 1.82) is 0 Å². The molecule has 1 aliphatic heterocycles. The number of fused-ring (bicyclic) bond motifs is 1. The fraction of sp³-hybridized carbons (Fsp3) is 0.148. The van der Waals surface area contributed by atoms with Crippen molar-refractivity contribution in [3.8, 4) is 5.75 Å². The van der Waals surface area contributed by atoms with Crippen LogP contribution < -0.4 is 15.4 Å². The Kier molecular flexibility index (Phi) is 7.16. The van der Waals surface area contributed by atoms with Gasteiger partial charge in [-0.25, -0.2) is 9.07 Å². The van der Waals surface area contributed by atoms with Crippen LogP contribution in [0.3, 0.4) is 0 Å². The summed E-state index contributed by atoms with van der Waals surface area (Å²) in [6.07, 6.45) is 0. The predicted octanol–water partition coefficient (Wildman–Crippen LogP) is 6.16. The minimum absolute atomic E-state index is 0.280. The molecule has 0 aliphatic carbocycles. The van der Waals surface area contributed by atoms with E-state index in [1.807, 2.05) is 24.3 Å². The molecule has 0 spiro atoms. The number of anilines is 2. The summed E-state index contributed by atoms with van der Waals surface area (Å²) in [5, 5.41) is 11.8. The van der Waals surface area contributed by atoms with Crippen LogP contribution in [0.15, 0.2) is 90.2 Å². The van der Waals surface area contributed by atoms with E-state index >= 15 is 0 Å². The van der Waals surface area contributed by atoms with Crippen LogP contribution in [0.1, 0.15) is 17.2 Å². The molecule has 2 atom stereocenters. The second-order valence-electron chi connectivity index (χ2n) is 8.36. The number of aromatic nitrogens is 3. The molecular weight excluding hydrogens is 513 g/mol. The van der Waals surface area contributed by atoms with Crippen LogP contribution in [0.5, 0.6) is 5.75 Å². The summed E-state index contributed by atoms with van der Waals surface area (Å²) in [4.78, 5) is 18.2. The first kappa shape index (κ1) is 24.9. The van der Waals surface area contributed by atoms with Gasteiger partial charge in [-0.1, -0.05) is 72.4 Å². The highest BCUT2D eigenvalue weighted by Crippen LogP contribution is 2.40. The molecule has 5 rings (SSSR count). The van der Waals surface area contributed by atoms with Crippen molar-refractivity contribution in [2.24, 2.45) is 5.92 Å². The molecule has 0 fully saturated rings. The Morgan fingerprint density at radius 3 is 2.65 bits per heavy atom. The summed E-state index contributed by atoms with van der Waals surface area (Å²) < 4.78 is 21.2. The molecule has 2 N–H and O–H groups in total. The normalized spacial score (nSPS) is 16.6. The van der Waals surface area contributed by atoms with E-state index in [1.54, 1.807) is 54.3 Å². The van der Waals surface area contributed by atoms with Crippen molar-refractivity contribution in [1.82, 2.24) is 14.8 Å². The first-order valence-electron chi connectivity index (χ1n) is 11.4. The van der Waals surface area contributed by atoms with Gasteiger partial charge in [-0.15, -0.1) is 5.10 Å². The lowest BCUT2D eigenvalue weighted by Crippen LogP contribution is -2.39. The number of carbonyl (C=O) groups is 1. The molecule has 1 aliphatic rings. The fourth-order valence-electron chi connectivity index (χ4n) is 4.21. The van der Waals surface area contributed by atoms with Gasteiger partial charge in [-0.05, 0) is 41.5 Å². The summed E-state index contributed by atoms with van der Waals surface area (Å²) in [5.41, 5.74) is 2.38. The molecule has 0 bridgehead atoms. The highest BCUT2D eigenvalue weighted by molar-refractivity contribution is 7.98. The molecule has 1 aromatic heterocycles. The molecule has 7 nitrogen and oxygen atoms in total. The van der Waals surface area contributed by atoms with E-state index in [9.17, 15) is 9.18 Å². The number of nitrogens with zero attached hydrogens (tertiary/aromatic N) is 3. The van der Waals surface area contributed by atoms with E-state index in [4.69, 9.17) is 16.3 Å². The third kappa shape index (κ3) is 5.19. The number of hydrogen-bond acceptors (Lipinski definition) is 6. The van der Waals surface area contributed by atoms with Crippen LogP contribution in [-0.2, 0) is 10.5 Å². The number of amides is 1. The largest absolute Gasteiger partial charge is 0.495 e. The van der Waals surface area contributed by atoms with Gasteiger partial charge in [0.25, 0.3) is 0 Å². The van der Waals surface area contributed by atoms with E-state index in [1.165, 1.54) is 17.8 Å². The van der Waals surface area contributed by atoms with Crippen LogP contribution in [0.25, 0.3) is 0 Å². The molecule has 0 saturated carbocycles. The molecule has 0 saturated heterocycles. The lowest BCUT2D eigenvalue weighted by Gasteiger charge is -2.33. The summed E-state index contributed by atoms with van der Waals surface area (Å²) in [6.45, 7) is 4.14. The highest BCUT2D eigenvalue weighted by atomic mass is 35.5. The van der Waals surface area contributed by atoms with E-state index in [-0.39, 0.29) is 11.7 Å². The van der Waals surface area contributed by atoms with Crippen molar-refractivity contribution in [2.75, 3.05) is 17.7 Å². The molecule has 2 heterocycles. The summed E-state index contributed by atoms with van der Waals surface area (Å²) in [5.74, 6) is 0.0512. The Balaban J connectivity index is 1.49. The quantitative estimate of drug-likeness (QED) is 0.276. The lowest BCUT2D eigenvalue weighted by atomic mass is 9.88. The molecule has 0 radical (unpaired) electrons.